The number of nitrogens with one attached hydrogen (secondary N) is 3. The van der Waals surface area contributed by atoms with Crippen LogP contribution in [0, 0.1) is 0 Å². The van der Waals surface area contributed by atoms with Gasteiger partial charge < -0.3 is 26.0 Å². The fourth-order valence-corrected chi connectivity index (χ4v) is 3.00. The van der Waals surface area contributed by atoms with Crippen molar-refractivity contribution in [2.45, 2.75) is 44.4 Å². The summed E-state index contributed by atoms with van der Waals surface area (Å²) in [6.07, 6.45) is 3.09. The number of urea groups is 1. The molecule has 4 N–H and O–H groups in total. The summed E-state index contributed by atoms with van der Waals surface area (Å²) in [6.45, 7) is 1.69. The molecule has 2 atom stereocenters. The maximum Gasteiger partial charge on any atom is 0.315 e. The summed E-state index contributed by atoms with van der Waals surface area (Å²) < 4.78 is 0. The number of nitrogens with zero attached hydrogens (tertiary/aromatic N) is 1. The Morgan fingerprint density at radius 2 is 1.96 bits per heavy atom. The summed E-state index contributed by atoms with van der Waals surface area (Å²) in [4.78, 5) is 26.2. The Bertz CT molecular complexity index is 606. The zero-order valence-corrected chi connectivity index (χ0v) is 15.6. The Morgan fingerprint density at radius 3 is 2.69 bits per heavy atom. The Morgan fingerprint density at radius 1 is 1.19 bits per heavy atom. The SMILES string of the molecule is CN(C)CCNC(=O)c1cccc(CNC(=O)NC2CCCCC2O)c1. The average molecular weight is 362 g/mol. The molecular formula is C19H30N4O3. The highest BCUT2D eigenvalue weighted by atomic mass is 16.3. The van der Waals surface area contributed by atoms with Crippen LogP contribution in [0.2, 0.25) is 0 Å². The molecule has 0 aromatic heterocycles. The van der Waals surface area contributed by atoms with Crippen molar-refractivity contribution in [1.29, 1.82) is 0 Å². The molecule has 3 amide bonds. The Hall–Kier alpha value is -2.12. The molecule has 0 saturated heterocycles. The van der Waals surface area contributed by atoms with E-state index in [1.54, 1.807) is 18.2 Å². The molecule has 2 unspecified atom stereocenters. The van der Waals surface area contributed by atoms with Crippen LogP contribution in [0.1, 0.15) is 41.6 Å². The van der Waals surface area contributed by atoms with Crippen molar-refractivity contribution in [3.05, 3.63) is 35.4 Å². The van der Waals surface area contributed by atoms with Gasteiger partial charge in [0.2, 0.25) is 0 Å². The van der Waals surface area contributed by atoms with E-state index in [0.717, 1.165) is 37.8 Å². The molecule has 0 aliphatic heterocycles. The number of carbonyl (C=O) groups excluding carboxylic acids is 2. The van der Waals surface area contributed by atoms with Crippen LogP contribution in [0.3, 0.4) is 0 Å². The zero-order valence-electron chi connectivity index (χ0n) is 15.6. The van der Waals surface area contributed by atoms with Gasteiger partial charge in [-0.25, -0.2) is 4.79 Å². The number of rotatable bonds is 7. The van der Waals surface area contributed by atoms with Crippen molar-refractivity contribution in [2.24, 2.45) is 0 Å². The largest absolute Gasteiger partial charge is 0.391 e. The first-order chi connectivity index (χ1) is 12.5. The molecule has 2 rings (SSSR count). The van der Waals surface area contributed by atoms with E-state index in [0.29, 0.717) is 18.7 Å². The second-order valence-electron chi connectivity index (χ2n) is 7.04. The number of hydrogen-bond acceptors (Lipinski definition) is 4. The third kappa shape index (κ3) is 6.65. The summed E-state index contributed by atoms with van der Waals surface area (Å²) in [5.74, 6) is -0.122. The van der Waals surface area contributed by atoms with E-state index < -0.39 is 6.10 Å². The van der Waals surface area contributed by atoms with Crippen molar-refractivity contribution in [3.63, 3.8) is 0 Å². The maximum atomic E-state index is 12.2. The lowest BCUT2D eigenvalue weighted by molar-refractivity contribution is 0.0942. The molecule has 7 nitrogen and oxygen atoms in total. The second-order valence-corrected chi connectivity index (χ2v) is 7.04. The molecule has 1 aliphatic rings. The van der Waals surface area contributed by atoms with Gasteiger partial charge in [0.05, 0.1) is 12.1 Å². The van der Waals surface area contributed by atoms with E-state index in [1.807, 2.05) is 25.1 Å². The molecule has 0 spiro atoms. The monoisotopic (exact) mass is 362 g/mol. The molecule has 1 aromatic rings. The molecule has 1 saturated carbocycles. The summed E-state index contributed by atoms with van der Waals surface area (Å²) >= 11 is 0. The third-order valence-electron chi connectivity index (χ3n) is 4.53. The number of aliphatic hydroxyl groups is 1. The number of likely N-dealkylation sites (N-methyl/N-ethyl adjacent to an activating group) is 1. The van der Waals surface area contributed by atoms with Gasteiger partial charge in [-0.1, -0.05) is 25.0 Å². The number of benzene rings is 1. The van der Waals surface area contributed by atoms with E-state index >= 15 is 0 Å². The standard InChI is InChI=1S/C19H30N4O3/c1-23(2)11-10-20-18(25)15-7-5-6-14(12-15)13-21-19(26)22-16-8-3-4-9-17(16)24/h5-7,12,16-17,24H,3-4,8-11,13H2,1-2H3,(H,20,25)(H2,21,22,26). The summed E-state index contributed by atoms with van der Waals surface area (Å²) in [5.41, 5.74) is 1.43. The minimum absolute atomic E-state index is 0.122. The quantitative estimate of drug-likeness (QED) is 0.584. The van der Waals surface area contributed by atoms with Crippen LogP contribution in [0.15, 0.2) is 24.3 Å². The molecule has 0 bridgehead atoms. The van der Waals surface area contributed by atoms with Crippen molar-refractivity contribution >= 4 is 11.9 Å². The molecule has 144 valence electrons. The highest BCUT2D eigenvalue weighted by Crippen LogP contribution is 2.18. The van der Waals surface area contributed by atoms with Crippen molar-refractivity contribution in [1.82, 2.24) is 20.9 Å². The first-order valence-electron chi connectivity index (χ1n) is 9.20. The Kier molecular flexibility index (Phi) is 7.87. The number of carbonyl (C=O) groups is 2. The minimum Gasteiger partial charge on any atom is -0.391 e. The maximum absolute atomic E-state index is 12.2. The van der Waals surface area contributed by atoms with Crippen LogP contribution in [0.5, 0.6) is 0 Å². The van der Waals surface area contributed by atoms with Gasteiger partial charge >= 0.3 is 6.03 Å². The van der Waals surface area contributed by atoms with Crippen LogP contribution in [0.25, 0.3) is 0 Å². The van der Waals surface area contributed by atoms with Gasteiger partial charge in [0.25, 0.3) is 5.91 Å². The van der Waals surface area contributed by atoms with Gasteiger partial charge in [0.15, 0.2) is 0 Å². The normalized spacial score (nSPS) is 19.8. The molecule has 0 heterocycles. The topological polar surface area (TPSA) is 93.7 Å². The first-order valence-corrected chi connectivity index (χ1v) is 9.20. The summed E-state index contributed by atoms with van der Waals surface area (Å²) in [5, 5.41) is 18.4. The number of hydrogen-bond donors (Lipinski definition) is 4. The zero-order chi connectivity index (χ0) is 18.9. The highest BCUT2D eigenvalue weighted by Gasteiger charge is 2.24. The second kappa shape index (κ2) is 10.1. The molecule has 1 fully saturated rings. The minimum atomic E-state index is -0.469. The predicted molar refractivity (Wildman–Crippen MR) is 101 cm³/mol. The molecule has 1 aromatic carbocycles. The summed E-state index contributed by atoms with van der Waals surface area (Å²) in [7, 11) is 3.91. The van der Waals surface area contributed by atoms with Crippen LogP contribution >= 0.6 is 0 Å². The Labute approximate surface area is 155 Å². The molecule has 1 aliphatic carbocycles. The fourth-order valence-electron chi connectivity index (χ4n) is 3.00. The van der Waals surface area contributed by atoms with Crippen LogP contribution < -0.4 is 16.0 Å². The van der Waals surface area contributed by atoms with Gasteiger partial charge in [-0.15, -0.1) is 0 Å². The highest BCUT2D eigenvalue weighted by molar-refractivity contribution is 5.94. The van der Waals surface area contributed by atoms with Crippen molar-refractivity contribution in [3.8, 4) is 0 Å². The van der Waals surface area contributed by atoms with Crippen molar-refractivity contribution < 1.29 is 14.7 Å². The Balaban J connectivity index is 1.80. The first kappa shape index (κ1) is 20.2. The van der Waals surface area contributed by atoms with Gasteiger partial charge in [-0.3, -0.25) is 4.79 Å². The van der Waals surface area contributed by atoms with E-state index in [2.05, 4.69) is 16.0 Å². The fraction of sp³-hybridized carbons (Fsp3) is 0.579. The lowest BCUT2D eigenvalue weighted by Gasteiger charge is -2.28. The lowest BCUT2D eigenvalue weighted by atomic mass is 9.93. The third-order valence-corrected chi connectivity index (χ3v) is 4.53. The predicted octanol–water partition coefficient (Wildman–Crippen LogP) is 1.08. The van der Waals surface area contributed by atoms with E-state index in [4.69, 9.17) is 0 Å². The summed E-state index contributed by atoms with van der Waals surface area (Å²) in [6, 6.07) is 6.73. The smallest absolute Gasteiger partial charge is 0.315 e. The van der Waals surface area contributed by atoms with Gasteiger partial charge in [0.1, 0.15) is 0 Å². The van der Waals surface area contributed by atoms with Crippen molar-refractivity contribution in [2.75, 3.05) is 27.2 Å². The van der Waals surface area contributed by atoms with Gasteiger partial charge in [-0.05, 0) is 44.6 Å². The van der Waals surface area contributed by atoms with Crippen LogP contribution in [-0.4, -0.2) is 61.3 Å². The number of aliphatic hydroxyl groups excluding tert-OH is 1. The van der Waals surface area contributed by atoms with Crippen LogP contribution in [0.4, 0.5) is 4.79 Å². The van der Waals surface area contributed by atoms with E-state index in [-0.39, 0.29) is 18.0 Å². The van der Waals surface area contributed by atoms with E-state index in [1.165, 1.54) is 0 Å². The lowest BCUT2D eigenvalue weighted by Crippen LogP contribution is -2.48. The molecular weight excluding hydrogens is 332 g/mol. The van der Waals surface area contributed by atoms with Crippen LogP contribution in [-0.2, 0) is 6.54 Å². The molecule has 0 radical (unpaired) electrons. The molecule has 7 heteroatoms. The average Bonchev–Trinajstić information content (AvgIpc) is 2.62. The van der Waals surface area contributed by atoms with Gasteiger partial charge in [0, 0.05) is 25.2 Å². The van der Waals surface area contributed by atoms with E-state index in [9.17, 15) is 14.7 Å². The number of amides is 3. The molecule has 26 heavy (non-hydrogen) atoms. The van der Waals surface area contributed by atoms with Gasteiger partial charge in [-0.2, -0.15) is 0 Å².